The van der Waals surface area contributed by atoms with Gasteiger partial charge in [0.25, 0.3) is 5.91 Å². The van der Waals surface area contributed by atoms with Crippen LogP contribution in [0.2, 0.25) is 0 Å². The SMILES string of the molecule is CC1CCC(CNC(=O)c2cc(C(C)(C)C)nn2C)CC1.Cc1nc(N(C)C)c2ccccc2n1. The Morgan fingerprint density at radius 2 is 1.77 bits per heavy atom. The van der Waals surface area contributed by atoms with Crippen LogP contribution in [0, 0.1) is 18.8 Å². The molecule has 35 heavy (non-hydrogen) atoms. The highest BCUT2D eigenvalue weighted by atomic mass is 16.2. The molecular weight excluding hydrogens is 436 g/mol. The number of hydrogen-bond acceptors (Lipinski definition) is 5. The van der Waals surface area contributed by atoms with Crippen molar-refractivity contribution in [2.75, 3.05) is 25.5 Å². The van der Waals surface area contributed by atoms with Crippen molar-refractivity contribution in [1.82, 2.24) is 25.1 Å². The molecule has 0 atom stereocenters. The zero-order valence-electron chi connectivity index (χ0n) is 22.7. The Morgan fingerprint density at radius 3 is 2.37 bits per heavy atom. The highest BCUT2D eigenvalue weighted by Crippen LogP contribution is 2.28. The molecule has 2 heterocycles. The third-order valence-corrected chi connectivity index (χ3v) is 6.69. The monoisotopic (exact) mass is 478 g/mol. The van der Waals surface area contributed by atoms with E-state index < -0.39 is 0 Å². The summed E-state index contributed by atoms with van der Waals surface area (Å²) in [5.74, 6) is 3.28. The van der Waals surface area contributed by atoms with Gasteiger partial charge in [0.15, 0.2) is 0 Å². The van der Waals surface area contributed by atoms with Crippen molar-refractivity contribution < 1.29 is 4.79 Å². The summed E-state index contributed by atoms with van der Waals surface area (Å²) in [4.78, 5) is 23.1. The molecule has 1 aliphatic rings. The van der Waals surface area contributed by atoms with E-state index in [2.05, 4.69) is 48.1 Å². The number of anilines is 1. The highest BCUT2D eigenvalue weighted by Gasteiger charge is 2.23. The summed E-state index contributed by atoms with van der Waals surface area (Å²) in [5, 5.41) is 8.65. The maximum Gasteiger partial charge on any atom is 0.269 e. The second kappa shape index (κ2) is 11.2. The number of fused-ring (bicyclic) bond motifs is 1. The van der Waals surface area contributed by atoms with Crippen molar-refractivity contribution in [3.05, 3.63) is 47.5 Å². The van der Waals surface area contributed by atoms with E-state index >= 15 is 0 Å². The fourth-order valence-corrected chi connectivity index (χ4v) is 4.42. The molecule has 0 radical (unpaired) electrons. The molecule has 7 nitrogen and oxygen atoms in total. The molecule has 1 aliphatic carbocycles. The lowest BCUT2D eigenvalue weighted by Crippen LogP contribution is -2.32. The predicted molar refractivity (Wildman–Crippen MR) is 144 cm³/mol. The van der Waals surface area contributed by atoms with Crippen molar-refractivity contribution in [1.29, 1.82) is 0 Å². The Labute approximate surface area is 210 Å². The maximum absolute atomic E-state index is 12.3. The van der Waals surface area contributed by atoms with Gasteiger partial charge in [-0.2, -0.15) is 5.10 Å². The standard InChI is InChI=1S/C17H29N3O.C11H13N3/c1-12-6-8-13(9-7-12)11-18-16(21)14-10-15(17(2,3)4)19-20(14)5;1-8-12-10-7-5-4-6-9(10)11(13-8)14(2)3/h10,12-13H,6-9,11H2,1-5H3,(H,18,21);4-7H,1-3H3. The number of carbonyl (C=O) groups excluding carboxylic acids is 1. The minimum Gasteiger partial charge on any atom is -0.362 e. The number of aryl methyl sites for hydroxylation is 2. The van der Waals surface area contributed by atoms with Crippen LogP contribution < -0.4 is 10.2 Å². The molecular formula is C28H42N6O. The molecule has 1 N–H and O–H groups in total. The van der Waals surface area contributed by atoms with E-state index in [0.717, 1.165) is 40.7 Å². The molecule has 1 fully saturated rings. The molecule has 0 spiro atoms. The van der Waals surface area contributed by atoms with Crippen LogP contribution in [0.1, 0.15) is 75.4 Å². The van der Waals surface area contributed by atoms with Gasteiger partial charge in [-0.3, -0.25) is 9.48 Å². The minimum atomic E-state index is -0.0319. The van der Waals surface area contributed by atoms with E-state index in [4.69, 9.17) is 0 Å². The van der Waals surface area contributed by atoms with Crippen LogP contribution in [-0.2, 0) is 12.5 Å². The molecule has 4 rings (SSSR count). The van der Waals surface area contributed by atoms with Gasteiger partial charge in [0.05, 0.1) is 11.2 Å². The van der Waals surface area contributed by atoms with Crippen molar-refractivity contribution in [3.63, 3.8) is 0 Å². The molecule has 3 aromatic rings. The zero-order chi connectivity index (χ0) is 25.8. The summed E-state index contributed by atoms with van der Waals surface area (Å²) < 4.78 is 1.69. The number of aromatic nitrogens is 4. The Bertz CT molecular complexity index is 1140. The van der Waals surface area contributed by atoms with E-state index in [1.54, 1.807) is 4.68 Å². The molecule has 7 heteroatoms. The summed E-state index contributed by atoms with van der Waals surface area (Å²) in [5.41, 5.74) is 2.59. The minimum absolute atomic E-state index is 0.000813. The largest absolute Gasteiger partial charge is 0.362 e. The Morgan fingerprint density at radius 1 is 1.11 bits per heavy atom. The number of nitrogens with zero attached hydrogens (tertiary/aromatic N) is 5. The second-order valence-corrected chi connectivity index (χ2v) is 11.1. The van der Waals surface area contributed by atoms with E-state index in [0.29, 0.717) is 11.6 Å². The van der Waals surface area contributed by atoms with Gasteiger partial charge < -0.3 is 10.2 Å². The number of benzene rings is 1. The molecule has 1 aromatic carbocycles. The smallest absolute Gasteiger partial charge is 0.269 e. The fraction of sp³-hybridized carbons (Fsp3) is 0.571. The van der Waals surface area contributed by atoms with E-state index in [1.165, 1.54) is 25.7 Å². The highest BCUT2D eigenvalue weighted by molar-refractivity contribution is 5.92. The zero-order valence-corrected chi connectivity index (χ0v) is 22.7. The van der Waals surface area contributed by atoms with Gasteiger partial charge in [-0.15, -0.1) is 0 Å². The normalized spacial score (nSPS) is 18.1. The van der Waals surface area contributed by atoms with Gasteiger partial charge in [0.2, 0.25) is 0 Å². The van der Waals surface area contributed by atoms with Gasteiger partial charge in [-0.25, -0.2) is 9.97 Å². The third-order valence-electron chi connectivity index (χ3n) is 6.69. The van der Waals surface area contributed by atoms with Gasteiger partial charge in [-0.05, 0) is 49.8 Å². The van der Waals surface area contributed by atoms with Crippen molar-refractivity contribution >= 4 is 22.6 Å². The lowest BCUT2D eigenvalue weighted by molar-refractivity contribution is 0.0932. The summed E-state index contributed by atoms with van der Waals surface area (Å²) in [6.07, 6.45) is 5.06. The van der Waals surface area contributed by atoms with Crippen molar-refractivity contribution in [2.45, 2.75) is 65.7 Å². The lowest BCUT2D eigenvalue weighted by Gasteiger charge is -2.26. The molecule has 190 valence electrons. The first kappa shape index (κ1) is 26.6. The second-order valence-electron chi connectivity index (χ2n) is 11.1. The molecule has 0 bridgehead atoms. The van der Waals surface area contributed by atoms with Crippen LogP contribution in [-0.4, -0.2) is 46.3 Å². The van der Waals surface area contributed by atoms with E-state index in [-0.39, 0.29) is 11.3 Å². The first-order valence-corrected chi connectivity index (χ1v) is 12.7. The number of amides is 1. The summed E-state index contributed by atoms with van der Waals surface area (Å²) in [7, 11) is 5.83. The average molecular weight is 479 g/mol. The van der Waals surface area contributed by atoms with E-state index in [9.17, 15) is 4.79 Å². The fourth-order valence-electron chi connectivity index (χ4n) is 4.42. The molecule has 1 saturated carbocycles. The first-order chi connectivity index (χ1) is 16.5. The summed E-state index contributed by atoms with van der Waals surface area (Å²) >= 11 is 0. The van der Waals surface area contributed by atoms with Crippen LogP contribution in [0.25, 0.3) is 10.9 Å². The maximum atomic E-state index is 12.3. The van der Waals surface area contributed by atoms with Crippen LogP contribution in [0.4, 0.5) is 5.82 Å². The molecule has 0 saturated heterocycles. The van der Waals surface area contributed by atoms with Gasteiger partial charge in [0, 0.05) is 38.5 Å². The molecule has 2 aromatic heterocycles. The lowest BCUT2D eigenvalue weighted by atomic mass is 9.83. The Balaban J connectivity index is 0.000000211. The molecule has 0 aliphatic heterocycles. The quantitative estimate of drug-likeness (QED) is 0.552. The molecule has 0 unspecified atom stereocenters. The first-order valence-electron chi connectivity index (χ1n) is 12.7. The van der Waals surface area contributed by atoms with Crippen LogP contribution >= 0.6 is 0 Å². The van der Waals surface area contributed by atoms with Gasteiger partial charge in [0.1, 0.15) is 17.3 Å². The summed E-state index contributed by atoms with van der Waals surface area (Å²) in [6.45, 7) is 11.4. The van der Waals surface area contributed by atoms with Gasteiger partial charge >= 0.3 is 0 Å². The van der Waals surface area contributed by atoms with Crippen LogP contribution in [0.5, 0.6) is 0 Å². The van der Waals surface area contributed by atoms with E-state index in [1.807, 2.05) is 63.3 Å². The predicted octanol–water partition coefficient (Wildman–Crippen LogP) is 5.28. The summed E-state index contributed by atoms with van der Waals surface area (Å²) in [6, 6.07) is 9.97. The number of para-hydroxylation sites is 1. The number of rotatable bonds is 4. The third kappa shape index (κ3) is 7.03. The number of nitrogens with one attached hydrogen (secondary N) is 1. The Hall–Kier alpha value is -2.96. The van der Waals surface area contributed by atoms with Crippen molar-refractivity contribution in [2.24, 2.45) is 18.9 Å². The van der Waals surface area contributed by atoms with Gasteiger partial charge in [-0.1, -0.05) is 52.7 Å². The van der Waals surface area contributed by atoms with Crippen molar-refractivity contribution in [3.8, 4) is 0 Å². The topological polar surface area (TPSA) is 75.9 Å². The Kier molecular flexibility index (Phi) is 8.51. The van der Waals surface area contributed by atoms with Crippen LogP contribution in [0.3, 0.4) is 0 Å². The molecule has 1 amide bonds. The number of carbonyl (C=O) groups is 1. The average Bonchev–Trinajstić information content (AvgIpc) is 3.20. The number of hydrogen-bond donors (Lipinski definition) is 1. The van der Waals surface area contributed by atoms with Crippen LogP contribution in [0.15, 0.2) is 30.3 Å².